The van der Waals surface area contributed by atoms with Gasteiger partial charge in [0.15, 0.2) is 0 Å². The molecule has 0 radical (unpaired) electrons. The number of pyridine rings is 1. The maximum Gasteiger partial charge on any atom is 0.0485 e. The van der Waals surface area contributed by atoms with Crippen molar-refractivity contribution in [3.63, 3.8) is 0 Å². The van der Waals surface area contributed by atoms with Crippen molar-refractivity contribution in [1.29, 1.82) is 0 Å². The third-order valence-corrected chi connectivity index (χ3v) is 3.36. The number of benzene rings is 2. The van der Waals surface area contributed by atoms with Crippen molar-refractivity contribution in [3.05, 3.63) is 72.6 Å². The number of fused-ring (bicyclic) bond motifs is 1. The Hall–Kier alpha value is -2.35. The smallest absolute Gasteiger partial charge is 0.0485 e. The zero-order valence-electron chi connectivity index (χ0n) is 10.9. The van der Waals surface area contributed by atoms with Gasteiger partial charge in [-0.2, -0.15) is 0 Å². The third kappa shape index (κ3) is 2.43. The fraction of sp³-hybridized carbons (Fsp3) is 0.118. The maximum atomic E-state index is 4.21. The molecule has 0 bridgehead atoms. The van der Waals surface area contributed by atoms with E-state index in [-0.39, 0.29) is 6.04 Å². The average molecular weight is 248 g/mol. The van der Waals surface area contributed by atoms with Crippen LogP contribution in [-0.2, 0) is 0 Å². The number of hydrogen-bond acceptors (Lipinski definition) is 2. The summed E-state index contributed by atoms with van der Waals surface area (Å²) in [5.74, 6) is 0. The first-order chi connectivity index (χ1) is 9.34. The van der Waals surface area contributed by atoms with E-state index < -0.39 is 0 Å². The first-order valence-electron chi connectivity index (χ1n) is 6.49. The Morgan fingerprint density at radius 2 is 1.79 bits per heavy atom. The second-order valence-corrected chi connectivity index (χ2v) is 4.68. The van der Waals surface area contributed by atoms with E-state index in [0.717, 1.165) is 11.1 Å². The zero-order valence-corrected chi connectivity index (χ0v) is 10.9. The van der Waals surface area contributed by atoms with Crippen LogP contribution in [0, 0.1) is 0 Å². The molecule has 1 aromatic heterocycles. The van der Waals surface area contributed by atoms with Gasteiger partial charge in [-0.1, -0.05) is 42.5 Å². The Bertz CT molecular complexity index is 672. The standard InChI is InChI=1S/C17H16N2/c1-13(14-6-3-2-4-7-14)19-17-9-5-8-15-10-11-18-12-16(15)17/h2-13,19H,1H3. The first kappa shape index (κ1) is 11.7. The van der Waals surface area contributed by atoms with Gasteiger partial charge in [-0.25, -0.2) is 0 Å². The van der Waals surface area contributed by atoms with Crippen LogP contribution in [0.2, 0.25) is 0 Å². The van der Waals surface area contributed by atoms with Crippen molar-refractivity contribution in [1.82, 2.24) is 4.98 Å². The maximum absolute atomic E-state index is 4.21. The van der Waals surface area contributed by atoms with Crippen LogP contribution in [-0.4, -0.2) is 4.98 Å². The Morgan fingerprint density at radius 1 is 0.947 bits per heavy atom. The highest BCUT2D eigenvalue weighted by molar-refractivity contribution is 5.93. The van der Waals surface area contributed by atoms with Crippen LogP contribution in [0.15, 0.2) is 67.0 Å². The number of nitrogens with one attached hydrogen (secondary N) is 1. The lowest BCUT2D eigenvalue weighted by Crippen LogP contribution is -2.06. The van der Waals surface area contributed by atoms with Gasteiger partial charge in [0.1, 0.15) is 0 Å². The average Bonchev–Trinajstić information content (AvgIpc) is 2.48. The fourth-order valence-corrected chi connectivity index (χ4v) is 2.30. The van der Waals surface area contributed by atoms with Gasteiger partial charge in [0, 0.05) is 29.5 Å². The van der Waals surface area contributed by atoms with Gasteiger partial charge in [-0.05, 0) is 30.0 Å². The molecule has 2 aromatic carbocycles. The topological polar surface area (TPSA) is 24.9 Å². The van der Waals surface area contributed by atoms with Crippen LogP contribution >= 0.6 is 0 Å². The van der Waals surface area contributed by atoms with E-state index in [1.165, 1.54) is 10.9 Å². The summed E-state index contributed by atoms with van der Waals surface area (Å²) in [6.07, 6.45) is 3.74. The van der Waals surface area contributed by atoms with Crippen molar-refractivity contribution in [2.45, 2.75) is 13.0 Å². The van der Waals surface area contributed by atoms with Crippen LogP contribution in [0.4, 0.5) is 5.69 Å². The van der Waals surface area contributed by atoms with E-state index >= 15 is 0 Å². The lowest BCUT2D eigenvalue weighted by molar-refractivity contribution is 0.887. The molecule has 2 heteroatoms. The molecule has 0 amide bonds. The number of rotatable bonds is 3. The molecule has 1 heterocycles. The summed E-state index contributed by atoms with van der Waals surface area (Å²) in [7, 11) is 0. The Balaban J connectivity index is 1.94. The predicted octanol–water partition coefficient (Wildman–Crippen LogP) is 4.41. The molecule has 2 nitrogen and oxygen atoms in total. The van der Waals surface area contributed by atoms with E-state index in [1.807, 2.05) is 24.5 Å². The first-order valence-corrected chi connectivity index (χ1v) is 6.49. The second kappa shape index (κ2) is 5.11. The largest absolute Gasteiger partial charge is 0.378 e. The van der Waals surface area contributed by atoms with Gasteiger partial charge in [0.2, 0.25) is 0 Å². The number of anilines is 1. The summed E-state index contributed by atoms with van der Waals surface area (Å²) in [6.45, 7) is 2.17. The lowest BCUT2D eigenvalue weighted by Gasteiger charge is -2.17. The van der Waals surface area contributed by atoms with Gasteiger partial charge < -0.3 is 5.32 Å². The van der Waals surface area contributed by atoms with Crippen molar-refractivity contribution >= 4 is 16.5 Å². The van der Waals surface area contributed by atoms with Crippen molar-refractivity contribution in [2.24, 2.45) is 0 Å². The van der Waals surface area contributed by atoms with Gasteiger partial charge in [0.25, 0.3) is 0 Å². The molecular formula is C17H16N2. The summed E-state index contributed by atoms with van der Waals surface area (Å²) >= 11 is 0. The van der Waals surface area contributed by atoms with Crippen LogP contribution in [0.5, 0.6) is 0 Å². The Kier molecular flexibility index (Phi) is 3.15. The normalized spacial score (nSPS) is 12.3. The molecule has 3 aromatic rings. The Morgan fingerprint density at radius 3 is 2.63 bits per heavy atom. The minimum Gasteiger partial charge on any atom is -0.378 e. The quantitative estimate of drug-likeness (QED) is 0.742. The van der Waals surface area contributed by atoms with Crippen LogP contribution in [0.25, 0.3) is 10.8 Å². The predicted molar refractivity (Wildman–Crippen MR) is 80.2 cm³/mol. The van der Waals surface area contributed by atoms with E-state index in [0.29, 0.717) is 0 Å². The minimum absolute atomic E-state index is 0.270. The summed E-state index contributed by atoms with van der Waals surface area (Å²) in [5.41, 5.74) is 2.41. The van der Waals surface area contributed by atoms with Gasteiger partial charge >= 0.3 is 0 Å². The van der Waals surface area contributed by atoms with Crippen molar-refractivity contribution in [3.8, 4) is 0 Å². The Labute approximate surface area is 113 Å². The summed E-state index contributed by atoms with van der Waals surface area (Å²) < 4.78 is 0. The highest BCUT2D eigenvalue weighted by Gasteiger charge is 2.06. The van der Waals surface area contributed by atoms with Gasteiger partial charge in [0.05, 0.1) is 0 Å². The molecule has 0 spiro atoms. The second-order valence-electron chi connectivity index (χ2n) is 4.68. The molecule has 0 aliphatic heterocycles. The SMILES string of the molecule is CC(Nc1cccc2ccncc12)c1ccccc1. The molecular weight excluding hydrogens is 232 g/mol. The molecule has 1 unspecified atom stereocenters. The van der Waals surface area contributed by atoms with Crippen molar-refractivity contribution < 1.29 is 0 Å². The number of hydrogen-bond donors (Lipinski definition) is 1. The van der Waals surface area contributed by atoms with Crippen LogP contribution < -0.4 is 5.32 Å². The fourth-order valence-electron chi connectivity index (χ4n) is 2.30. The molecule has 94 valence electrons. The molecule has 0 fully saturated rings. The van der Waals surface area contributed by atoms with E-state index in [1.54, 1.807) is 0 Å². The summed E-state index contributed by atoms with van der Waals surface area (Å²) in [6, 6.07) is 19.0. The molecule has 0 aliphatic carbocycles. The van der Waals surface area contributed by atoms with Crippen molar-refractivity contribution in [2.75, 3.05) is 5.32 Å². The molecule has 0 saturated carbocycles. The van der Waals surface area contributed by atoms with E-state index in [4.69, 9.17) is 0 Å². The zero-order chi connectivity index (χ0) is 13.1. The molecule has 0 saturated heterocycles. The number of nitrogens with zero attached hydrogens (tertiary/aromatic N) is 1. The summed E-state index contributed by atoms with van der Waals surface area (Å²) in [4.78, 5) is 4.21. The van der Waals surface area contributed by atoms with Crippen LogP contribution in [0.3, 0.4) is 0 Å². The van der Waals surface area contributed by atoms with E-state index in [2.05, 4.69) is 59.7 Å². The molecule has 1 N–H and O–H groups in total. The lowest BCUT2D eigenvalue weighted by atomic mass is 10.1. The minimum atomic E-state index is 0.270. The third-order valence-electron chi connectivity index (χ3n) is 3.36. The highest BCUT2D eigenvalue weighted by Crippen LogP contribution is 2.26. The molecule has 0 aliphatic rings. The molecule has 19 heavy (non-hydrogen) atoms. The molecule has 3 rings (SSSR count). The van der Waals surface area contributed by atoms with E-state index in [9.17, 15) is 0 Å². The van der Waals surface area contributed by atoms with Gasteiger partial charge in [-0.15, -0.1) is 0 Å². The summed E-state index contributed by atoms with van der Waals surface area (Å²) in [5, 5.41) is 5.93. The highest BCUT2D eigenvalue weighted by atomic mass is 14.9. The van der Waals surface area contributed by atoms with Gasteiger partial charge in [-0.3, -0.25) is 4.98 Å². The molecule has 1 atom stereocenters. The number of aromatic nitrogens is 1. The monoisotopic (exact) mass is 248 g/mol. The van der Waals surface area contributed by atoms with Crippen LogP contribution in [0.1, 0.15) is 18.5 Å².